The van der Waals surface area contributed by atoms with E-state index >= 15 is 0 Å². The van der Waals surface area contributed by atoms with Crippen LogP contribution in [0.1, 0.15) is 36.2 Å². The van der Waals surface area contributed by atoms with Crippen molar-refractivity contribution in [2.75, 3.05) is 0 Å². The molecular formula is C13H18BrNO2. The highest BCUT2D eigenvalue weighted by molar-refractivity contribution is 9.10. The Morgan fingerprint density at radius 1 is 1.47 bits per heavy atom. The van der Waals surface area contributed by atoms with Crippen LogP contribution in [0.4, 0.5) is 0 Å². The molecule has 3 nitrogen and oxygen atoms in total. The SMILES string of the molecule is Cc1c(Br)cccc1C(=O)NC(C)CC(C)O. The number of hydrogen-bond acceptors (Lipinski definition) is 2. The van der Waals surface area contributed by atoms with E-state index < -0.39 is 6.10 Å². The van der Waals surface area contributed by atoms with Gasteiger partial charge in [0.05, 0.1) is 6.10 Å². The van der Waals surface area contributed by atoms with Crippen LogP contribution < -0.4 is 5.32 Å². The van der Waals surface area contributed by atoms with Crippen LogP contribution in [-0.2, 0) is 0 Å². The lowest BCUT2D eigenvalue weighted by molar-refractivity contribution is 0.0922. The van der Waals surface area contributed by atoms with Crippen molar-refractivity contribution in [1.29, 1.82) is 0 Å². The first kappa shape index (κ1) is 14.2. The second-order valence-electron chi connectivity index (χ2n) is 4.37. The minimum atomic E-state index is -0.408. The fraction of sp³-hybridized carbons (Fsp3) is 0.462. The number of aliphatic hydroxyl groups is 1. The van der Waals surface area contributed by atoms with E-state index in [9.17, 15) is 9.90 Å². The van der Waals surface area contributed by atoms with Gasteiger partial charge < -0.3 is 10.4 Å². The zero-order valence-electron chi connectivity index (χ0n) is 10.3. The van der Waals surface area contributed by atoms with Crippen molar-refractivity contribution in [3.8, 4) is 0 Å². The number of nitrogens with one attached hydrogen (secondary N) is 1. The number of rotatable bonds is 4. The fourth-order valence-corrected chi connectivity index (χ4v) is 2.09. The van der Waals surface area contributed by atoms with Crippen molar-refractivity contribution in [2.24, 2.45) is 0 Å². The Balaban J connectivity index is 2.73. The third-order valence-corrected chi connectivity index (χ3v) is 3.44. The van der Waals surface area contributed by atoms with Gasteiger partial charge in [-0.2, -0.15) is 0 Å². The zero-order valence-corrected chi connectivity index (χ0v) is 11.9. The molecule has 0 aliphatic heterocycles. The Morgan fingerprint density at radius 3 is 2.71 bits per heavy atom. The van der Waals surface area contributed by atoms with Crippen LogP contribution in [0.3, 0.4) is 0 Å². The third kappa shape index (κ3) is 4.13. The Morgan fingerprint density at radius 2 is 2.12 bits per heavy atom. The molecule has 0 radical (unpaired) electrons. The Kier molecular flexibility index (Phi) is 5.15. The molecule has 1 rings (SSSR count). The van der Waals surface area contributed by atoms with Gasteiger partial charge in [-0.05, 0) is 44.9 Å². The Labute approximate surface area is 110 Å². The summed E-state index contributed by atoms with van der Waals surface area (Å²) in [6.45, 7) is 5.50. The maximum Gasteiger partial charge on any atom is 0.251 e. The van der Waals surface area contributed by atoms with Gasteiger partial charge in [-0.1, -0.05) is 22.0 Å². The second kappa shape index (κ2) is 6.17. The predicted octanol–water partition coefficient (Wildman–Crippen LogP) is 2.65. The molecule has 1 amide bonds. The first-order valence-corrected chi connectivity index (χ1v) is 6.45. The molecule has 0 saturated heterocycles. The summed E-state index contributed by atoms with van der Waals surface area (Å²) in [5.74, 6) is -0.100. The molecule has 0 aliphatic carbocycles. The summed E-state index contributed by atoms with van der Waals surface area (Å²) < 4.78 is 0.924. The van der Waals surface area contributed by atoms with Crippen molar-refractivity contribution in [2.45, 2.75) is 39.3 Å². The second-order valence-corrected chi connectivity index (χ2v) is 5.23. The fourth-order valence-electron chi connectivity index (χ4n) is 1.73. The summed E-state index contributed by atoms with van der Waals surface area (Å²) >= 11 is 3.40. The summed E-state index contributed by atoms with van der Waals surface area (Å²) in [6, 6.07) is 5.50. The predicted molar refractivity (Wildman–Crippen MR) is 72.1 cm³/mol. The van der Waals surface area contributed by atoms with Gasteiger partial charge in [0, 0.05) is 16.1 Å². The molecule has 17 heavy (non-hydrogen) atoms. The topological polar surface area (TPSA) is 49.3 Å². The molecule has 2 N–H and O–H groups in total. The molecule has 2 atom stereocenters. The third-order valence-electron chi connectivity index (χ3n) is 2.58. The van der Waals surface area contributed by atoms with E-state index in [2.05, 4.69) is 21.2 Å². The van der Waals surface area contributed by atoms with Gasteiger partial charge in [-0.15, -0.1) is 0 Å². The molecule has 0 heterocycles. The molecule has 0 aromatic heterocycles. The Hall–Kier alpha value is -0.870. The lowest BCUT2D eigenvalue weighted by atomic mass is 10.1. The standard InChI is InChI=1S/C13H18BrNO2/c1-8(7-9(2)16)15-13(17)11-5-4-6-12(14)10(11)3/h4-6,8-9,16H,7H2,1-3H3,(H,15,17). The number of carbonyl (C=O) groups is 1. The monoisotopic (exact) mass is 299 g/mol. The molecule has 1 aromatic carbocycles. The molecule has 94 valence electrons. The van der Waals surface area contributed by atoms with Crippen molar-refractivity contribution in [1.82, 2.24) is 5.32 Å². The minimum absolute atomic E-state index is 0.0409. The van der Waals surface area contributed by atoms with E-state index in [1.807, 2.05) is 26.0 Å². The molecular weight excluding hydrogens is 282 g/mol. The first-order chi connectivity index (χ1) is 7.91. The summed E-state index contributed by atoms with van der Waals surface area (Å²) in [5, 5.41) is 12.1. The summed E-state index contributed by atoms with van der Waals surface area (Å²) in [6.07, 6.45) is 0.146. The maximum atomic E-state index is 12.0. The van der Waals surface area contributed by atoms with Crippen molar-refractivity contribution in [3.63, 3.8) is 0 Å². The zero-order chi connectivity index (χ0) is 13.0. The van der Waals surface area contributed by atoms with E-state index in [1.54, 1.807) is 13.0 Å². The van der Waals surface area contributed by atoms with Crippen LogP contribution >= 0.6 is 15.9 Å². The van der Waals surface area contributed by atoms with Crippen LogP contribution in [0, 0.1) is 6.92 Å². The molecule has 0 saturated carbocycles. The summed E-state index contributed by atoms with van der Waals surface area (Å²) in [5.41, 5.74) is 1.59. The average molecular weight is 300 g/mol. The quantitative estimate of drug-likeness (QED) is 0.898. The average Bonchev–Trinajstić information content (AvgIpc) is 2.20. The van der Waals surface area contributed by atoms with Crippen molar-refractivity contribution >= 4 is 21.8 Å². The highest BCUT2D eigenvalue weighted by Crippen LogP contribution is 2.19. The van der Waals surface area contributed by atoms with Gasteiger partial charge in [0.15, 0.2) is 0 Å². The number of halogens is 1. The number of hydrogen-bond donors (Lipinski definition) is 2. The summed E-state index contributed by atoms with van der Waals surface area (Å²) in [4.78, 5) is 12.0. The largest absolute Gasteiger partial charge is 0.393 e. The van der Waals surface area contributed by atoms with Crippen molar-refractivity contribution < 1.29 is 9.90 Å². The minimum Gasteiger partial charge on any atom is -0.393 e. The van der Waals surface area contributed by atoms with Crippen LogP contribution in [0.25, 0.3) is 0 Å². The maximum absolute atomic E-state index is 12.0. The lowest BCUT2D eigenvalue weighted by Gasteiger charge is -2.16. The van der Waals surface area contributed by atoms with Crippen LogP contribution in [0.15, 0.2) is 22.7 Å². The van der Waals surface area contributed by atoms with Crippen LogP contribution in [0.2, 0.25) is 0 Å². The smallest absolute Gasteiger partial charge is 0.251 e. The highest BCUT2D eigenvalue weighted by atomic mass is 79.9. The molecule has 0 bridgehead atoms. The van der Waals surface area contributed by atoms with Gasteiger partial charge in [-0.25, -0.2) is 0 Å². The molecule has 2 unspecified atom stereocenters. The van der Waals surface area contributed by atoms with E-state index in [0.29, 0.717) is 12.0 Å². The van der Waals surface area contributed by atoms with E-state index in [0.717, 1.165) is 10.0 Å². The molecule has 0 fully saturated rings. The molecule has 0 spiro atoms. The molecule has 0 aliphatic rings. The number of aliphatic hydroxyl groups excluding tert-OH is 1. The lowest BCUT2D eigenvalue weighted by Crippen LogP contribution is -2.35. The van der Waals surface area contributed by atoms with Gasteiger partial charge >= 0.3 is 0 Å². The number of carbonyl (C=O) groups excluding carboxylic acids is 1. The van der Waals surface area contributed by atoms with E-state index in [-0.39, 0.29) is 11.9 Å². The van der Waals surface area contributed by atoms with Gasteiger partial charge in [0.25, 0.3) is 5.91 Å². The van der Waals surface area contributed by atoms with E-state index in [1.165, 1.54) is 0 Å². The van der Waals surface area contributed by atoms with Gasteiger partial charge in [-0.3, -0.25) is 4.79 Å². The molecule has 1 aromatic rings. The summed E-state index contributed by atoms with van der Waals surface area (Å²) in [7, 11) is 0. The normalized spacial score (nSPS) is 14.2. The highest BCUT2D eigenvalue weighted by Gasteiger charge is 2.14. The van der Waals surface area contributed by atoms with E-state index in [4.69, 9.17) is 0 Å². The Bertz CT molecular complexity index is 404. The molecule has 4 heteroatoms. The first-order valence-electron chi connectivity index (χ1n) is 5.66. The van der Waals surface area contributed by atoms with Gasteiger partial charge in [0.1, 0.15) is 0 Å². The van der Waals surface area contributed by atoms with Crippen molar-refractivity contribution in [3.05, 3.63) is 33.8 Å². The van der Waals surface area contributed by atoms with Crippen LogP contribution in [0.5, 0.6) is 0 Å². The van der Waals surface area contributed by atoms with Gasteiger partial charge in [0.2, 0.25) is 0 Å². The number of amides is 1. The van der Waals surface area contributed by atoms with Crippen LogP contribution in [-0.4, -0.2) is 23.2 Å². The number of benzene rings is 1.